The van der Waals surface area contributed by atoms with Crippen molar-refractivity contribution in [2.75, 3.05) is 14.2 Å². The van der Waals surface area contributed by atoms with Crippen molar-refractivity contribution in [1.82, 2.24) is 9.97 Å². The smallest absolute Gasteiger partial charge is 0.341 e. The molecule has 7 heteroatoms. The van der Waals surface area contributed by atoms with Gasteiger partial charge in [0, 0.05) is 6.07 Å². The van der Waals surface area contributed by atoms with Gasteiger partial charge in [-0.15, -0.1) is 11.6 Å². The summed E-state index contributed by atoms with van der Waals surface area (Å²) in [4.78, 5) is 19.9. The molecule has 0 spiro atoms. The van der Waals surface area contributed by atoms with Crippen molar-refractivity contribution in [2.24, 2.45) is 0 Å². The van der Waals surface area contributed by atoms with Gasteiger partial charge in [0.15, 0.2) is 0 Å². The normalized spacial score (nSPS) is 10.0. The zero-order valence-electron chi connectivity index (χ0n) is 11.5. The molecule has 0 fully saturated rings. The Morgan fingerprint density at radius 3 is 2.67 bits per heavy atom. The fourth-order valence-corrected chi connectivity index (χ4v) is 1.74. The number of benzene rings is 1. The van der Waals surface area contributed by atoms with Gasteiger partial charge in [-0.05, 0) is 12.1 Å². The number of alkyl halides is 1. The number of aromatic nitrogens is 2. The first-order chi connectivity index (χ1) is 10.2. The summed E-state index contributed by atoms with van der Waals surface area (Å²) < 4.78 is 15.3. The molecule has 0 aliphatic heterocycles. The number of carbonyl (C=O) groups excluding carboxylic acids is 1. The highest BCUT2D eigenvalue weighted by atomic mass is 35.5. The first-order valence-electron chi connectivity index (χ1n) is 6.01. The second kappa shape index (κ2) is 6.90. The Labute approximate surface area is 126 Å². The molecule has 1 aromatic carbocycles. The van der Waals surface area contributed by atoms with E-state index in [2.05, 4.69) is 9.97 Å². The SMILES string of the molecule is COC(=O)c1ccccc1Oc1nc(CCl)cc(OC)n1. The van der Waals surface area contributed by atoms with Crippen LogP contribution in [0.1, 0.15) is 16.1 Å². The summed E-state index contributed by atoms with van der Waals surface area (Å²) in [7, 11) is 2.78. The van der Waals surface area contributed by atoms with E-state index >= 15 is 0 Å². The van der Waals surface area contributed by atoms with Crippen molar-refractivity contribution in [2.45, 2.75) is 5.88 Å². The first-order valence-corrected chi connectivity index (χ1v) is 6.54. The lowest BCUT2D eigenvalue weighted by molar-refractivity contribution is 0.0598. The lowest BCUT2D eigenvalue weighted by Gasteiger charge is -2.09. The van der Waals surface area contributed by atoms with Gasteiger partial charge in [0.25, 0.3) is 0 Å². The molecule has 2 rings (SSSR count). The van der Waals surface area contributed by atoms with Gasteiger partial charge in [-0.2, -0.15) is 9.97 Å². The van der Waals surface area contributed by atoms with Gasteiger partial charge in [0.05, 0.1) is 25.8 Å². The average Bonchev–Trinajstić information content (AvgIpc) is 2.54. The van der Waals surface area contributed by atoms with Gasteiger partial charge >= 0.3 is 12.0 Å². The first kappa shape index (κ1) is 15.1. The number of nitrogens with zero attached hydrogens (tertiary/aromatic N) is 2. The van der Waals surface area contributed by atoms with E-state index in [1.165, 1.54) is 14.2 Å². The zero-order chi connectivity index (χ0) is 15.2. The molecule has 0 aliphatic rings. The van der Waals surface area contributed by atoms with E-state index in [-0.39, 0.29) is 23.2 Å². The lowest BCUT2D eigenvalue weighted by atomic mass is 10.2. The Morgan fingerprint density at radius 1 is 1.24 bits per heavy atom. The number of hydrogen-bond acceptors (Lipinski definition) is 6. The summed E-state index contributed by atoms with van der Waals surface area (Å²) in [5, 5.41) is 0. The number of ether oxygens (including phenoxy) is 3. The molecule has 2 aromatic rings. The van der Waals surface area contributed by atoms with E-state index < -0.39 is 5.97 Å². The molecule has 0 amide bonds. The van der Waals surface area contributed by atoms with Crippen molar-refractivity contribution in [3.63, 3.8) is 0 Å². The zero-order valence-corrected chi connectivity index (χ0v) is 12.3. The summed E-state index contributed by atoms with van der Waals surface area (Å²) in [6.45, 7) is 0. The van der Waals surface area contributed by atoms with E-state index in [0.717, 1.165) is 0 Å². The Balaban J connectivity index is 2.36. The number of methoxy groups -OCH3 is 2. The van der Waals surface area contributed by atoms with E-state index in [9.17, 15) is 4.79 Å². The van der Waals surface area contributed by atoms with E-state index in [1.54, 1.807) is 30.3 Å². The van der Waals surface area contributed by atoms with Crippen LogP contribution in [-0.4, -0.2) is 30.2 Å². The van der Waals surface area contributed by atoms with Gasteiger partial charge in [-0.1, -0.05) is 12.1 Å². The molecule has 6 nitrogen and oxygen atoms in total. The number of para-hydroxylation sites is 1. The minimum absolute atomic E-state index is 0.0429. The molecule has 0 saturated heterocycles. The van der Waals surface area contributed by atoms with E-state index in [4.69, 9.17) is 25.8 Å². The molecule has 0 N–H and O–H groups in total. The third-order valence-electron chi connectivity index (χ3n) is 2.57. The minimum Gasteiger partial charge on any atom is -0.481 e. The maximum absolute atomic E-state index is 11.7. The molecular formula is C14H13ClN2O4. The van der Waals surface area contributed by atoms with E-state index in [0.29, 0.717) is 11.6 Å². The summed E-state index contributed by atoms with van der Waals surface area (Å²) >= 11 is 5.76. The quantitative estimate of drug-likeness (QED) is 0.625. The van der Waals surface area contributed by atoms with Crippen LogP contribution < -0.4 is 9.47 Å². The summed E-state index contributed by atoms with van der Waals surface area (Å²) in [6.07, 6.45) is 0. The Kier molecular flexibility index (Phi) is 4.94. The fraction of sp³-hybridized carbons (Fsp3) is 0.214. The minimum atomic E-state index is -0.508. The lowest BCUT2D eigenvalue weighted by Crippen LogP contribution is -2.05. The van der Waals surface area contributed by atoms with Crippen molar-refractivity contribution in [1.29, 1.82) is 0 Å². The highest BCUT2D eigenvalue weighted by Gasteiger charge is 2.15. The molecule has 1 heterocycles. The highest BCUT2D eigenvalue weighted by molar-refractivity contribution is 6.16. The predicted octanol–water partition coefficient (Wildman–Crippen LogP) is 2.80. The maximum atomic E-state index is 11.7. The van der Waals surface area contributed by atoms with Crippen LogP contribution in [0.25, 0.3) is 0 Å². The molecular weight excluding hydrogens is 296 g/mol. The molecule has 0 bridgehead atoms. The largest absolute Gasteiger partial charge is 0.481 e. The topological polar surface area (TPSA) is 70.5 Å². The van der Waals surface area contributed by atoms with Crippen LogP contribution in [0.4, 0.5) is 0 Å². The van der Waals surface area contributed by atoms with Crippen LogP contribution in [-0.2, 0) is 10.6 Å². The number of carbonyl (C=O) groups is 1. The number of rotatable bonds is 5. The molecule has 0 radical (unpaired) electrons. The van der Waals surface area contributed by atoms with Gasteiger partial charge in [0.2, 0.25) is 5.88 Å². The molecule has 0 atom stereocenters. The third-order valence-corrected chi connectivity index (χ3v) is 2.85. The van der Waals surface area contributed by atoms with Gasteiger partial charge in [-0.3, -0.25) is 0 Å². The number of esters is 1. The molecule has 0 saturated carbocycles. The van der Waals surface area contributed by atoms with Crippen molar-refractivity contribution in [3.05, 3.63) is 41.6 Å². The fourth-order valence-electron chi connectivity index (χ4n) is 1.60. The van der Waals surface area contributed by atoms with Gasteiger partial charge < -0.3 is 14.2 Å². The molecule has 0 unspecified atom stereocenters. The second-order valence-electron chi connectivity index (χ2n) is 3.91. The standard InChI is InChI=1S/C14H13ClN2O4/c1-19-12-7-9(8-15)16-14(17-12)21-11-6-4-3-5-10(11)13(18)20-2/h3-7H,8H2,1-2H3. The van der Waals surface area contributed by atoms with E-state index in [1.807, 2.05) is 0 Å². The Bertz CT molecular complexity index is 626. The highest BCUT2D eigenvalue weighted by Crippen LogP contribution is 2.25. The number of halogens is 1. The van der Waals surface area contributed by atoms with Crippen molar-refractivity contribution >= 4 is 17.6 Å². The van der Waals surface area contributed by atoms with Crippen LogP contribution in [0.3, 0.4) is 0 Å². The van der Waals surface area contributed by atoms with Gasteiger partial charge in [-0.25, -0.2) is 4.79 Å². The van der Waals surface area contributed by atoms with Crippen LogP contribution in [0.2, 0.25) is 0 Å². The van der Waals surface area contributed by atoms with Crippen LogP contribution in [0.5, 0.6) is 17.6 Å². The predicted molar refractivity (Wildman–Crippen MR) is 76.0 cm³/mol. The Hall–Kier alpha value is -2.34. The van der Waals surface area contributed by atoms with Crippen LogP contribution in [0.15, 0.2) is 30.3 Å². The van der Waals surface area contributed by atoms with Crippen molar-refractivity contribution in [3.8, 4) is 17.6 Å². The molecule has 0 aliphatic carbocycles. The molecule has 1 aromatic heterocycles. The average molecular weight is 309 g/mol. The second-order valence-corrected chi connectivity index (χ2v) is 4.17. The van der Waals surface area contributed by atoms with Crippen LogP contribution >= 0.6 is 11.6 Å². The third kappa shape index (κ3) is 3.61. The summed E-state index contributed by atoms with van der Waals surface area (Å²) in [5.74, 6) is 0.295. The summed E-state index contributed by atoms with van der Waals surface area (Å²) in [5.41, 5.74) is 0.827. The van der Waals surface area contributed by atoms with Crippen LogP contribution in [0, 0.1) is 0 Å². The molecule has 21 heavy (non-hydrogen) atoms. The molecule has 110 valence electrons. The maximum Gasteiger partial charge on any atom is 0.341 e. The monoisotopic (exact) mass is 308 g/mol. The summed E-state index contributed by atoms with van der Waals surface area (Å²) in [6, 6.07) is 8.28. The Morgan fingerprint density at radius 2 is 2.00 bits per heavy atom. The van der Waals surface area contributed by atoms with Crippen molar-refractivity contribution < 1.29 is 19.0 Å². The van der Waals surface area contributed by atoms with Gasteiger partial charge in [0.1, 0.15) is 11.3 Å². The number of hydrogen-bond donors (Lipinski definition) is 0.